The number of hydrogen-bond acceptors (Lipinski definition) is 6. The first-order valence-corrected chi connectivity index (χ1v) is 18.2. The molecule has 7 nitrogen and oxygen atoms in total. The Morgan fingerprint density at radius 3 is 2.33 bits per heavy atom. The lowest BCUT2D eigenvalue weighted by Gasteiger charge is -2.61. The molecule has 1 aromatic rings. The Kier molecular flexibility index (Phi) is 14.2. The lowest BCUT2D eigenvalue weighted by Crippen LogP contribution is -3.00. The highest BCUT2D eigenvalue weighted by molar-refractivity contribution is 8.00. The van der Waals surface area contributed by atoms with Crippen LogP contribution >= 0.6 is 11.8 Å². The number of nitrogens with zero attached hydrogens (tertiary/aromatic N) is 1. The molecule has 0 amide bonds. The van der Waals surface area contributed by atoms with E-state index in [1.807, 2.05) is 25.1 Å². The second-order valence-electron chi connectivity index (χ2n) is 14.7. The van der Waals surface area contributed by atoms with Crippen LogP contribution in [0.25, 0.3) is 0 Å². The van der Waals surface area contributed by atoms with Gasteiger partial charge in [0.25, 0.3) is 0 Å². The molecule has 0 unspecified atom stereocenters. The van der Waals surface area contributed by atoms with Gasteiger partial charge >= 0.3 is 11.9 Å². The van der Waals surface area contributed by atoms with Gasteiger partial charge in [0.2, 0.25) is 0 Å². The molecule has 0 radical (unpaired) electrons. The maximum Gasteiger partial charge on any atom is 0.316 e. The van der Waals surface area contributed by atoms with E-state index in [-0.39, 0.29) is 71.1 Å². The molecule has 0 saturated heterocycles. The minimum absolute atomic E-state index is 0. The molecule has 0 aromatic carbocycles. The van der Waals surface area contributed by atoms with E-state index in [1.165, 1.54) is 18.2 Å². The quantitative estimate of drug-likeness (QED) is 0.0690. The zero-order valence-corrected chi connectivity index (χ0v) is 31.3. The molecule has 1 heterocycles. The minimum atomic E-state index is -0.708. The Morgan fingerprint density at radius 1 is 1.07 bits per heavy atom. The van der Waals surface area contributed by atoms with Crippen LogP contribution in [0.3, 0.4) is 0 Å². The Balaban J connectivity index is 0.00000576. The summed E-state index contributed by atoms with van der Waals surface area (Å²) >= 11 is 1.47. The zero-order chi connectivity index (χ0) is 32.8. The van der Waals surface area contributed by atoms with E-state index in [0.717, 1.165) is 69.2 Å². The van der Waals surface area contributed by atoms with Crippen molar-refractivity contribution in [2.45, 2.75) is 135 Å². The van der Waals surface area contributed by atoms with Gasteiger partial charge in [0.1, 0.15) is 18.4 Å². The number of carboxylic acid groups (broad SMARTS) is 1. The van der Waals surface area contributed by atoms with Gasteiger partial charge in [-0.1, -0.05) is 59.5 Å². The van der Waals surface area contributed by atoms with Gasteiger partial charge in [0, 0.05) is 53.0 Å². The number of carbonyl (C=O) groups excluding carboxylic acids is 2. The number of aliphatic hydroxyl groups is 1. The molecular formula is C37H56INO6S. The SMILES string of the molecule is C=C[C@]1(C)C[C@@H](OC(=O)CSc2cc[n+](CCCCCCCCCC(=O)O)cc2)[C@]2(C)[C@H](C)CC[C@]3(CCC(=O)[C@H]32)[C@@H](C)[C@@H]1O.[I-]. The van der Waals surface area contributed by atoms with Gasteiger partial charge in [-0.15, -0.1) is 18.3 Å². The third kappa shape index (κ3) is 8.39. The van der Waals surface area contributed by atoms with Crippen LogP contribution < -0.4 is 28.5 Å². The fourth-order valence-electron chi connectivity index (χ4n) is 8.98. The number of thioether (sulfide) groups is 1. The third-order valence-electron chi connectivity index (χ3n) is 12.1. The van der Waals surface area contributed by atoms with Crippen LogP contribution in [-0.2, 0) is 25.7 Å². The van der Waals surface area contributed by atoms with Crippen molar-refractivity contribution in [2.24, 2.45) is 34.0 Å². The Morgan fingerprint density at radius 2 is 1.70 bits per heavy atom. The first-order chi connectivity index (χ1) is 21.4. The highest BCUT2D eigenvalue weighted by Crippen LogP contribution is 2.68. The van der Waals surface area contributed by atoms with Crippen molar-refractivity contribution in [1.82, 2.24) is 0 Å². The monoisotopic (exact) mass is 769 g/mol. The van der Waals surface area contributed by atoms with Gasteiger partial charge in [-0.05, 0) is 55.8 Å². The van der Waals surface area contributed by atoms with E-state index in [4.69, 9.17) is 9.84 Å². The van der Waals surface area contributed by atoms with Crippen molar-refractivity contribution in [3.8, 4) is 0 Å². The summed E-state index contributed by atoms with van der Waals surface area (Å²) in [5.74, 6) is -0.579. The average molecular weight is 770 g/mol. The van der Waals surface area contributed by atoms with E-state index in [1.54, 1.807) is 0 Å². The van der Waals surface area contributed by atoms with E-state index >= 15 is 0 Å². The van der Waals surface area contributed by atoms with Crippen molar-refractivity contribution in [2.75, 3.05) is 5.75 Å². The summed E-state index contributed by atoms with van der Waals surface area (Å²) in [6.07, 6.45) is 16.2. The largest absolute Gasteiger partial charge is 1.00 e. The molecule has 3 fully saturated rings. The van der Waals surface area contributed by atoms with Crippen molar-refractivity contribution in [3.05, 3.63) is 37.2 Å². The van der Waals surface area contributed by atoms with Crippen molar-refractivity contribution >= 4 is 29.5 Å². The number of aliphatic carboxylic acids is 1. The summed E-state index contributed by atoms with van der Waals surface area (Å²) in [4.78, 5) is 38.6. The first kappa shape index (κ1) is 39.0. The number of aromatic nitrogens is 1. The number of carboxylic acids is 1. The molecule has 0 aliphatic heterocycles. The van der Waals surface area contributed by atoms with Crippen LogP contribution in [0.1, 0.15) is 111 Å². The number of hydrogen-bond donors (Lipinski definition) is 2. The number of halogens is 1. The number of aliphatic hydroxyl groups excluding tert-OH is 1. The van der Waals surface area contributed by atoms with Crippen molar-refractivity contribution in [3.63, 3.8) is 0 Å². The first-order valence-electron chi connectivity index (χ1n) is 17.2. The number of ketones is 1. The molecule has 4 rings (SSSR count). The number of aryl methyl sites for hydroxylation is 1. The summed E-state index contributed by atoms with van der Waals surface area (Å²) < 4.78 is 8.55. The summed E-state index contributed by atoms with van der Waals surface area (Å²) in [7, 11) is 0. The highest BCUT2D eigenvalue weighted by atomic mass is 127. The van der Waals surface area contributed by atoms with E-state index in [0.29, 0.717) is 12.8 Å². The molecule has 258 valence electrons. The van der Waals surface area contributed by atoms with Gasteiger partial charge < -0.3 is 38.9 Å². The van der Waals surface area contributed by atoms with Crippen LogP contribution in [0.4, 0.5) is 0 Å². The second kappa shape index (κ2) is 16.8. The predicted molar refractivity (Wildman–Crippen MR) is 177 cm³/mol. The smallest absolute Gasteiger partial charge is 0.316 e. The maximum atomic E-state index is 13.6. The predicted octanol–water partition coefficient (Wildman–Crippen LogP) is 4.18. The molecule has 3 saturated carbocycles. The lowest BCUT2D eigenvalue weighted by molar-refractivity contribution is -0.697. The van der Waals surface area contributed by atoms with Crippen molar-refractivity contribution in [1.29, 1.82) is 0 Å². The number of pyridine rings is 1. The third-order valence-corrected chi connectivity index (χ3v) is 13.1. The van der Waals surface area contributed by atoms with Gasteiger partial charge in [-0.25, -0.2) is 4.57 Å². The van der Waals surface area contributed by atoms with Gasteiger partial charge in [0.15, 0.2) is 12.4 Å². The lowest BCUT2D eigenvalue weighted by atomic mass is 9.44. The molecule has 3 aliphatic carbocycles. The van der Waals surface area contributed by atoms with Gasteiger partial charge in [-0.2, -0.15) is 0 Å². The Labute approximate surface area is 297 Å². The van der Waals surface area contributed by atoms with Crippen molar-refractivity contribution < 1.29 is 57.9 Å². The molecule has 46 heavy (non-hydrogen) atoms. The molecule has 0 spiro atoms. The minimum Gasteiger partial charge on any atom is -1.00 e. The molecule has 8 atom stereocenters. The summed E-state index contributed by atoms with van der Waals surface area (Å²) in [5, 5.41) is 20.4. The normalized spacial score (nSPS) is 33.7. The van der Waals surface area contributed by atoms with Gasteiger partial charge in [-0.3, -0.25) is 14.4 Å². The topological polar surface area (TPSA) is 105 Å². The van der Waals surface area contributed by atoms with Crippen LogP contribution in [0.2, 0.25) is 0 Å². The molecule has 2 N–H and O–H groups in total. The van der Waals surface area contributed by atoms with Crippen LogP contribution in [0, 0.1) is 34.0 Å². The maximum absolute atomic E-state index is 13.6. The second-order valence-corrected chi connectivity index (χ2v) is 15.8. The molecule has 2 bridgehead atoms. The number of rotatable bonds is 15. The molecule has 9 heteroatoms. The fraction of sp³-hybridized carbons (Fsp3) is 0.730. The number of ether oxygens (including phenoxy) is 1. The average Bonchev–Trinajstić information content (AvgIpc) is 3.37. The Bertz CT molecular complexity index is 1210. The van der Waals surface area contributed by atoms with Crippen LogP contribution in [0.5, 0.6) is 0 Å². The van der Waals surface area contributed by atoms with Gasteiger partial charge in [0.05, 0.1) is 11.9 Å². The number of esters is 1. The number of Topliss-reactive ketones (excluding diaryl/α,β-unsaturated/α-hetero) is 1. The molecular weight excluding hydrogens is 713 g/mol. The van der Waals surface area contributed by atoms with E-state index < -0.39 is 29.0 Å². The van der Waals surface area contributed by atoms with E-state index in [9.17, 15) is 19.5 Å². The zero-order valence-electron chi connectivity index (χ0n) is 28.3. The number of carbonyl (C=O) groups is 3. The van der Waals surface area contributed by atoms with Crippen LogP contribution in [-0.4, -0.2) is 45.9 Å². The van der Waals surface area contributed by atoms with E-state index in [2.05, 4.69) is 44.3 Å². The molecule has 3 aliphatic rings. The summed E-state index contributed by atoms with van der Waals surface area (Å²) in [6, 6.07) is 4.08. The highest BCUT2D eigenvalue weighted by Gasteiger charge is 2.68. The standard InChI is InChI=1S/C37H55NO6S.HI/c1-6-35(4)24-30(36(5)26(2)15-19-37(27(3)34(35)43)20-16-29(39)33(36)37)44-32(42)25-45-28-17-22-38(23-18-28)21-13-11-9-7-8-10-12-14-31(40)41;/h6,17-18,22-23,26-27,30,33-34,43H,1,7-16,19-21,24-25H2,2-5H3;1H/t26-,27+,30-,33+,34+,35-,36+,37+;/m1./s1. The Hall–Kier alpha value is -1.46. The molecule has 1 aromatic heterocycles. The van der Waals surface area contributed by atoms with Crippen LogP contribution in [0.15, 0.2) is 42.1 Å². The summed E-state index contributed by atoms with van der Waals surface area (Å²) in [5.41, 5.74) is -1.40. The fourth-order valence-corrected chi connectivity index (χ4v) is 9.65. The summed E-state index contributed by atoms with van der Waals surface area (Å²) in [6.45, 7) is 13.6. The number of unbranched alkanes of at least 4 members (excludes halogenated alkanes) is 6.